The Labute approximate surface area is 107 Å². The molecule has 0 aromatic heterocycles. The first kappa shape index (κ1) is 14.9. The standard InChI is InChI=1S/C12H22N2O4/c1-2-14-10(15)7-13-8-12(18)5-3-9(4-6-12)11(16)17/h9,13,18H,2-8H2,1H3,(H,14,15)(H,16,17). The first-order valence-corrected chi connectivity index (χ1v) is 6.39. The van der Waals surface area contributed by atoms with Crippen molar-refractivity contribution in [1.82, 2.24) is 10.6 Å². The lowest BCUT2D eigenvalue weighted by Crippen LogP contribution is -2.46. The number of rotatable bonds is 6. The highest BCUT2D eigenvalue weighted by Crippen LogP contribution is 2.31. The summed E-state index contributed by atoms with van der Waals surface area (Å²) in [5, 5.41) is 24.7. The Hall–Kier alpha value is -1.14. The number of hydrogen-bond donors (Lipinski definition) is 4. The second-order valence-corrected chi connectivity index (χ2v) is 4.89. The van der Waals surface area contributed by atoms with Gasteiger partial charge in [0.05, 0.1) is 18.1 Å². The van der Waals surface area contributed by atoms with Crippen LogP contribution in [0.1, 0.15) is 32.6 Å². The lowest BCUT2D eigenvalue weighted by molar-refractivity contribution is -0.144. The topological polar surface area (TPSA) is 98.7 Å². The van der Waals surface area contributed by atoms with Gasteiger partial charge in [-0.2, -0.15) is 0 Å². The normalized spacial score (nSPS) is 27.8. The van der Waals surface area contributed by atoms with Crippen LogP contribution in [-0.2, 0) is 9.59 Å². The highest BCUT2D eigenvalue weighted by molar-refractivity contribution is 5.77. The highest BCUT2D eigenvalue weighted by atomic mass is 16.4. The minimum atomic E-state index is -0.877. The van der Waals surface area contributed by atoms with Gasteiger partial charge in [-0.15, -0.1) is 0 Å². The summed E-state index contributed by atoms with van der Waals surface area (Å²) in [6, 6.07) is 0. The van der Waals surface area contributed by atoms with Gasteiger partial charge in [0.2, 0.25) is 5.91 Å². The van der Waals surface area contributed by atoms with Crippen LogP contribution in [0.5, 0.6) is 0 Å². The van der Waals surface area contributed by atoms with E-state index in [1.807, 2.05) is 6.92 Å². The van der Waals surface area contributed by atoms with Crippen molar-refractivity contribution in [2.75, 3.05) is 19.6 Å². The maximum absolute atomic E-state index is 11.2. The zero-order valence-electron chi connectivity index (χ0n) is 10.7. The van der Waals surface area contributed by atoms with Crippen LogP contribution in [0.4, 0.5) is 0 Å². The molecule has 18 heavy (non-hydrogen) atoms. The van der Waals surface area contributed by atoms with Crippen LogP contribution in [0.25, 0.3) is 0 Å². The molecule has 0 bridgehead atoms. The summed E-state index contributed by atoms with van der Waals surface area (Å²) in [6.07, 6.45) is 1.92. The van der Waals surface area contributed by atoms with E-state index in [0.717, 1.165) is 0 Å². The molecular weight excluding hydrogens is 236 g/mol. The van der Waals surface area contributed by atoms with Crippen LogP contribution in [-0.4, -0.2) is 47.3 Å². The number of hydrogen-bond acceptors (Lipinski definition) is 4. The molecule has 0 saturated heterocycles. The van der Waals surface area contributed by atoms with Gasteiger partial charge in [-0.25, -0.2) is 0 Å². The lowest BCUT2D eigenvalue weighted by Gasteiger charge is -2.34. The van der Waals surface area contributed by atoms with Crippen molar-refractivity contribution >= 4 is 11.9 Å². The summed E-state index contributed by atoms with van der Waals surface area (Å²) in [5.41, 5.74) is -0.877. The van der Waals surface area contributed by atoms with E-state index in [4.69, 9.17) is 5.11 Å². The van der Waals surface area contributed by atoms with Crippen LogP contribution < -0.4 is 10.6 Å². The van der Waals surface area contributed by atoms with Gasteiger partial charge >= 0.3 is 5.97 Å². The number of nitrogens with one attached hydrogen (secondary N) is 2. The number of likely N-dealkylation sites (N-methyl/N-ethyl adjacent to an activating group) is 1. The number of aliphatic hydroxyl groups is 1. The van der Waals surface area contributed by atoms with Crippen LogP contribution in [0.15, 0.2) is 0 Å². The molecule has 0 aromatic rings. The van der Waals surface area contributed by atoms with Crippen molar-refractivity contribution in [3.63, 3.8) is 0 Å². The number of carbonyl (C=O) groups excluding carboxylic acids is 1. The van der Waals surface area contributed by atoms with Gasteiger partial charge in [-0.1, -0.05) is 0 Å². The van der Waals surface area contributed by atoms with Crippen molar-refractivity contribution in [3.05, 3.63) is 0 Å². The molecule has 0 unspecified atom stereocenters. The molecule has 104 valence electrons. The number of aliphatic carboxylic acids is 1. The van der Waals surface area contributed by atoms with Crippen LogP contribution >= 0.6 is 0 Å². The Morgan fingerprint density at radius 1 is 1.33 bits per heavy atom. The van der Waals surface area contributed by atoms with Crippen molar-refractivity contribution < 1.29 is 19.8 Å². The minimum absolute atomic E-state index is 0.0969. The third-order valence-corrected chi connectivity index (χ3v) is 3.38. The van der Waals surface area contributed by atoms with E-state index in [0.29, 0.717) is 38.8 Å². The van der Waals surface area contributed by atoms with Gasteiger partial charge in [-0.3, -0.25) is 9.59 Å². The van der Waals surface area contributed by atoms with E-state index in [9.17, 15) is 14.7 Å². The molecule has 1 aliphatic carbocycles. The van der Waals surface area contributed by atoms with Gasteiger partial charge in [-0.05, 0) is 32.6 Å². The molecule has 6 nitrogen and oxygen atoms in total. The summed E-state index contributed by atoms with van der Waals surface area (Å²) in [4.78, 5) is 22.0. The Bertz CT molecular complexity index is 298. The second kappa shape index (κ2) is 6.70. The molecule has 0 heterocycles. The second-order valence-electron chi connectivity index (χ2n) is 4.89. The molecule has 0 radical (unpaired) electrons. The fraction of sp³-hybridized carbons (Fsp3) is 0.833. The molecule has 0 atom stereocenters. The van der Waals surface area contributed by atoms with Gasteiger partial charge in [0, 0.05) is 13.1 Å². The average Bonchev–Trinajstić information content (AvgIpc) is 2.29. The van der Waals surface area contributed by atoms with E-state index in [1.165, 1.54) is 0 Å². The number of amides is 1. The molecule has 6 heteroatoms. The van der Waals surface area contributed by atoms with Crippen molar-refractivity contribution in [3.8, 4) is 0 Å². The zero-order chi connectivity index (χ0) is 13.6. The molecule has 0 spiro atoms. The Morgan fingerprint density at radius 2 is 1.94 bits per heavy atom. The number of carboxylic acid groups (broad SMARTS) is 1. The zero-order valence-corrected chi connectivity index (χ0v) is 10.7. The fourth-order valence-corrected chi connectivity index (χ4v) is 2.25. The molecule has 4 N–H and O–H groups in total. The molecule has 1 fully saturated rings. The van der Waals surface area contributed by atoms with Crippen molar-refractivity contribution in [2.45, 2.75) is 38.2 Å². The highest BCUT2D eigenvalue weighted by Gasteiger charge is 2.35. The quantitative estimate of drug-likeness (QED) is 0.525. The number of carboxylic acids is 1. The van der Waals surface area contributed by atoms with E-state index in [-0.39, 0.29) is 18.4 Å². The predicted octanol–water partition coefficient (Wildman–Crippen LogP) is -0.282. The first-order chi connectivity index (χ1) is 8.47. The van der Waals surface area contributed by atoms with Gasteiger partial charge in [0.15, 0.2) is 0 Å². The maximum atomic E-state index is 11.2. The predicted molar refractivity (Wildman–Crippen MR) is 66.1 cm³/mol. The van der Waals surface area contributed by atoms with E-state index in [1.54, 1.807) is 0 Å². The van der Waals surface area contributed by atoms with Gasteiger partial charge in [0.25, 0.3) is 0 Å². The summed E-state index contributed by atoms with van der Waals surface area (Å²) in [7, 11) is 0. The average molecular weight is 258 g/mol. The molecule has 0 aromatic carbocycles. The lowest BCUT2D eigenvalue weighted by atomic mass is 9.79. The monoisotopic (exact) mass is 258 g/mol. The summed E-state index contributed by atoms with van der Waals surface area (Å²) >= 11 is 0. The van der Waals surface area contributed by atoms with Crippen LogP contribution in [0, 0.1) is 5.92 Å². The van der Waals surface area contributed by atoms with Crippen molar-refractivity contribution in [1.29, 1.82) is 0 Å². The Kier molecular flexibility index (Phi) is 5.55. The molecule has 1 rings (SSSR count). The first-order valence-electron chi connectivity index (χ1n) is 6.39. The summed E-state index contributed by atoms with van der Waals surface area (Å²) < 4.78 is 0. The van der Waals surface area contributed by atoms with Crippen LogP contribution in [0.3, 0.4) is 0 Å². The SMILES string of the molecule is CCNC(=O)CNCC1(O)CCC(C(=O)O)CC1. The summed E-state index contributed by atoms with van der Waals surface area (Å²) in [6.45, 7) is 2.94. The molecule has 0 aliphatic heterocycles. The largest absolute Gasteiger partial charge is 0.481 e. The van der Waals surface area contributed by atoms with Crippen molar-refractivity contribution in [2.24, 2.45) is 5.92 Å². The maximum Gasteiger partial charge on any atom is 0.306 e. The minimum Gasteiger partial charge on any atom is -0.481 e. The molecule has 1 amide bonds. The third-order valence-electron chi connectivity index (χ3n) is 3.38. The van der Waals surface area contributed by atoms with E-state index >= 15 is 0 Å². The van der Waals surface area contributed by atoms with Gasteiger partial charge < -0.3 is 20.8 Å². The smallest absolute Gasteiger partial charge is 0.306 e. The molecular formula is C12H22N2O4. The summed E-state index contributed by atoms with van der Waals surface area (Å²) in [5.74, 6) is -1.22. The third kappa shape index (κ3) is 4.62. The molecule has 1 aliphatic rings. The Morgan fingerprint density at radius 3 is 2.44 bits per heavy atom. The van der Waals surface area contributed by atoms with E-state index in [2.05, 4.69) is 10.6 Å². The number of carbonyl (C=O) groups is 2. The fourth-order valence-electron chi connectivity index (χ4n) is 2.25. The van der Waals surface area contributed by atoms with Gasteiger partial charge in [0.1, 0.15) is 0 Å². The van der Waals surface area contributed by atoms with Crippen LogP contribution in [0.2, 0.25) is 0 Å². The Balaban J connectivity index is 2.26. The van der Waals surface area contributed by atoms with E-state index < -0.39 is 11.6 Å². The molecule has 1 saturated carbocycles.